The molecule has 19 heavy (non-hydrogen) atoms. The zero-order valence-corrected chi connectivity index (χ0v) is 12.3. The molecule has 1 unspecified atom stereocenters. The van der Waals surface area contributed by atoms with Crippen molar-refractivity contribution in [3.8, 4) is 0 Å². The predicted molar refractivity (Wildman–Crippen MR) is 69.1 cm³/mol. The lowest BCUT2D eigenvalue weighted by molar-refractivity contribution is 0.00321. The molecule has 1 aliphatic rings. The third kappa shape index (κ3) is 3.55. The molecule has 1 saturated carbocycles. The van der Waals surface area contributed by atoms with Gasteiger partial charge in [-0.3, -0.25) is 0 Å². The van der Waals surface area contributed by atoms with Gasteiger partial charge in [-0.25, -0.2) is 13.6 Å². The van der Waals surface area contributed by atoms with E-state index in [4.69, 9.17) is 10.5 Å². The monoisotopic (exact) mass is 278 g/mol. The molecule has 0 radical (unpaired) electrons. The molecule has 0 aliphatic heterocycles. The minimum atomic E-state index is -2.78. The Morgan fingerprint density at radius 1 is 1.42 bits per heavy atom. The molecule has 1 fully saturated rings. The van der Waals surface area contributed by atoms with Gasteiger partial charge in [0.05, 0.1) is 5.41 Å². The van der Waals surface area contributed by atoms with Crippen LogP contribution in [0.25, 0.3) is 0 Å². The first kappa shape index (κ1) is 16.1. The van der Waals surface area contributed by atoms with E-state index in [0.29, 0.717) is 0 Å². The summed E-state index contributed by atoms with van der Waals surface area (Å²) < 4.78 is 32.1. The minimum Gasteiger partial charge on any atom is -0.444 e. The van der Waals surface area contributed by atoms with Gasteiger partial charge in [0.15, 0.2) is 0 Å². The van der Waals surface area contributed by atoms with Crippen LogP contribution in [-0.2, 0) is 4.74 Å². The van der Waals surface area contributed by atoms with Crippen molar-refractivity contribution >= 4 is 6.09 Å². The fraction of sp³-hybridized carbons (Fsp3) is 0.923. The zero-order valence-electron chi connectivity index (χ0n) is 12.3. The van der Waals surface area contributed by atoms with E-state index < -0.39 is 23.0 Å². The highest BCUT2D eigenvalue weighted by molar-refractivity contribution is 5.68. The van der Waals surface area contributed by atoms with E-state index in [2.05, 4.69) is 0 Å². The fourth-order valence-electron chi connectivity index (χ4n) is 1.94. The van der Waals surface area contributed by atoms with Crippen LogP contribution in [-0.4, -0.2) is 41.6 Å². The van der Waals surface area contributed by atoms with Gasteiger partial charge in [0.2, 0.25) is 0 Å². The first-order valence-electron chi connectivity index (χ1n) is 6.52. The molecule has 6 heteroatoms. The van der Waals surface area contributed by atoms with Gasteiger partial charge in [-0.05, 0) is 34.6 Å². The van der Waals surface area contributed by atoms with Crippen LogP contribution in [0.1, 0.15) is 41.0 Å². The van der Waals surface area contributed by atoms with Gasteiger partial charge in [-0.15, -0.1) is 0 Å². The summed E-state index contributed by atoms with van der Waals surface area (Å²) >= 11 is 0. The second-order valence-corrected chi connectivity index (χ2v) is 6.57. The molecule has 4 nitrogen and oxygen atoms in total. The molecule has 1 atom stereocenters. The van der Waals surface area contributed by atoms with Crippen molar-refractivity contribution in [2.24, 2.45) is 11.1 Å². The number of hydrogen-bond acceptors (Lipinski definition) is 3. The first-order valence-corrected chi connectivity index (χ1v) is 6.52. The maximum Gasteiger partial charge on any atom is 0.410 e. The van der Waals surface area contributed by atoms with E-state index in [0.717, 1.165) is 0 Å². The van der Waals surface area contributed by atoms with Gasteiger partial charge in [0, 0.05) is 25.6 Å². The average molecular weight is 278 g/mol. The SMILES string of the molecule is CC(C)N(CC1(CN)CC1(F)F)C(=O)OC(C)(C)C. The number of carbonyl (C=O) groups excluding carboxylic acids is 1. The molecule has 0 aromatic heterocycles. The molecular formula is C13H24F2N2O2. The molecule has 1 amide bonds. The molecule has 0 saturated heterocycles. The summed E-state index contributed by atoms with van der Waals surface area (Å²) in [5.74, 6) is -2.78. The molecule has 2 N–H and O–H groups in total. The highest BCUT2D eigenvalue weighted by Crippen LogP contribution is 2.60. The number of alkyl halides is 2. The Balaban J connectivity index is 2.78. The second kappa shape index (κ2) is 4.89. The zero-order chi connectivity index (χ0) is 15.1. The second-order valence-electron chi connectivity index (χ2n) is 6.57. The highest BCUT2D eigenvalue weighted by Gasteiger charge is 2.71. The number of carbonyl (C=O) groups is 1. The number of nitrogens with two attached hydrogens (primary N) is 1. The summed E-state index contributed by atoms with van der Waals surface area (Å²) in [4.78, 5) is 13.4. The number of hydrogen-bond donors (Lipinski definition) is 1. The summed E-state index contributed by atoms with van der Waals surface area (Å²) in [6, 6.07) is -0.213. The van der Waals surface area contributed by atoms with E-state index in [-0.39, 0.29) is 25.6 Å². The molecule has 0 aromatic rings. The maximum atomic E-state index is 13.4. The van der Waals surface area contributed by atoms with Crippen molar-refractivity contribution in [1.82, 2.24) is 4.90 Å². The standard InChI is InChI=1S/C13H24F2N2O2/c1-9(2)17(10(18)19-11(3,4)5)8-12(7-16)6-13(12,14)15/h9H,6-8,16H2,1-5H3. The predicted octanol–water partition coefficient (Wildman–Crippen LogP) is 2.62. The van der Waals surface area contributed by atoms with Gasteiger partial charge in [0.25, 0.3) is 5.92 Å². The van der Waals surface area contributed by atoms with E-state index in [1.54, 1.807) is 34.6 Å². The van der Waals surface area contributed by atoms with E-state index in [1.807, 2.05) is 0 Å². The summed E-state index contributed by atoms with van der Waals surface area (Å²) in [7, 11) is 0. The lowest BCUT2D eigenvalue weighted by Gasteiger charge is -2.32. The van der Waals surface area contributed by atoms with Crippen LogP contribution in [0, 0.1) is 5.41 Å². The largest absolute Gasteiger partial charge is 0.444 e. The first-order chi connectivity index (χ1) is 8.44. The van der Waals surface area contributed by atoms with E-state index >= 15 is 0 Å². The molecule has 1 aliphatic carbocycles. The Hall–Kier alpha value is -0.910. The van der Waals surface area contributed by atoms with Crippen molar-refractivity contribution in [1.29, 1.82) is 0 Å². The lowest BCUT2D eigenvalue weighted by Crippen LogP contribution is -2.46. The summed E-state index contributed by atoms with van der Waals surface area (Å²) in [6.45, 7) is 8.58. The quantitative estimate of drug-likeness (QED) is 0.860. The van der Waals surface area contributed by atoms with Crippen LogP contribution in [0.3, 0.4) is 0 Å². The Morgan fingerprint density at radius 2 is 1.89 bits per heavy atom. The van der Waals surface area contributed by atoms with Gasteiger partial charge >= 0.3 is 6.09 Å². The topological polar surface area (TPSA) is 55.6 Å². The molecule has 0 bridgehead atoms. The van der Waals surface area contributed by atoms with Crippen LogP contribution in [0.4, 0.5) is 13.6 Å². The van der Waals surface area contributed by atoms with Gasteiger partial charge in [-0.1, -0.05) is 0 Å². The van der Waals surface area contributed by atoms with E-state index in [1.165, 1.54) is 4.90 Å². The van der Waals surface area contributed by atoms with Crippen LogP contribution in [0.2, 0.25) is 0 Å². The molecule has 0 heterocycles. The fourth-order valence-corrected chi connectivity index (χ4v) is 1.94. The highest BCUT2D eigenvalue weighted by atomic mass is 19.3. The van der Waals surface area contributed by atoms with Gasteiger partial charge < -0.3 is 15.4 Å². The van der Waals surface area contributed by atoms with Gasteiger partial charge in [0.1, 0.15) is 5.60 Å². The summed E-state index contributed by atoms with van der Waals surface area (Å²) in [5.41, 5.74) is 3.53. The van der Waals surface area contributed by atoms with Crippen molar-refractivity contribution in [3.63, 3.8) is 0 Å². The van der Waals surface area contributed by atoms with Crippen LogP contribution in [0.5, 0.6) is 0 Å². The molecule has 0 aromatic carbocycles. The lowest BCUT2D eigenvalue weighted by atomic mass is 10.1. The number of ether oxygens (including phenoxy) is 1. The van der Waals surface area contributed by atoms with Crippen molar-refractivity contribution in [2.45, 2.75) is 58.6 Å². The Labute approximate surface area is 113 Å². The number of rotatable bonds is 4. The molecule has 0 spiro atoms. The molecule has 1 rings (SSSR count). The van der Waals surface area contributed by atoms with Crippen molar-refractivity contribution < 1.29 is 18.3 Å². The molecule has 112 valence electrons. The average Bonchev–Trinajstić information content (AvgIpc) is 2.74. The van der Waals surface area contributed by atoms with Gasteiger partial charge in [-0.2, -0.15) is 0 Å². The van der Waals surface area contributed by atoms with Crippen LogP contribution >= 0.6 is 0 Å². The minimum absolute atomic E-state index is 0.0664. The van der Waals surface area contributed by atoms with Crippen molar-refractivity contribution in [2.75, 3.05) is 13.1 Å². The smallest absolute Gasteiger partial charge is 0.410 e. The summed E-state index contributed by atoms with van der Waals surface area (Å²) in [6.07, 6.45) is -0.833. The Kier molecular flexibility index (Phi) is 4.15. The maximum absolute atomic E-state index is 13.4. The van der Waals surface area contributed by atoms with Crippen LogP contribution in [0.15, 0.2) is 0 Å². The number of halogens is 2. The Bertz CT molecular complexity index is 353. The number of nitrogens with zero attached hydrogens (tertiary/aromatic N) is 1. The van der Waals surface area contributed by atoms with Crippen molar-refractivity contribution in [3.05, 3.63) is 0 Å². The third-order valence-corrected chi connectivity index (χ3v) is 3.33. The number of amides is 1. The normalized spacial score (nSPS) is 25.3. The third-order valence-electron chi connectivity index (χ3n) is 3.33. The molecular weight excluding hydrogens is 254 g/mol. The van der Waals surface area contributed by atoms with E-state index in [9.17, 15) is 13.6 Å². The Morgan fingerprint density at radius 3 is 2.16 bits per heavy atom. The summed E-state index contributed by atoms with van der Waals surface area (Å²) in [5, 5.41) is 0. The van der Waals surface area contributed by atoms with Crippen LogP contribution < -0.4 is 5.73 Å².